The molecule has 0 radical (unpaired) electrons. The fraction of sp³-hybridized carbons (Fsp3) is 0.550. The van der Waals surface area contributed by atoms with Crippen LogP contribution in [-0.4, -0.2) is 33.4 Å². The number of fused-ring (bicyclic) bond motifs is 6. The van der Waals surface area contributed by atoms with Crippen LogP contribution >= 0.6 is 0 Å². The number of nitrogens with zero attached hydrogens (tertiary/aromatic N) is 3. The van der Waals surface area contributed by atoms with E-state index in [1.807, 2.05) is 23.1 Å². The Bertz CT molecular complexity index is 831. The van der Waals surface area contributed by atoms with Gasteiger partial charge in [0.2, 0.25) is 0 Å². The normalized spacial score (nSPS) is 28.4. The molecule has 1 aliphatic heterocycles. The molecule has 3 unspecified atom stereocenters. The van der Waals surface area contributed by atoms with Gasteiger partial charge in [0.25, 0.3) is 5.91 Å². The van der Waals surface area contributed by atoms with Crippen LogP contribution in [0.25, 0.3) is 11.0 Å². The lowest BCUT2D eigenvalue weighted by molar-refractivity contribution is 0.0636. The van der Waals surface area contributed by atoms with Gasteiger partial charge in [0, 0.05) is 30.0 Å². The van der Waals surface area contributed by atoms with Crippen molar-refractivity contribution in [2.45, 2.75) is 63.3 Å². The summed E-state index contributed by atoms with van der Waals surface area (Å²) in [5, 5.41) is 0. The molecule has 3 atom stereocenters. The van der Waals surface area contributed by atoms with E-state index in [2.05, 4.69) is 6.92 Å². The molecule has 2 aromatic rings. The first-order valence-corrected chi connectivity index (χ1v) is 9.33. The van der Waals surface area contributed by atoms with E-state index in [-0.39, 0.29) is 5.91 Å². The van der Waals surface area contributed by atoms with E-state index in [1.165, 1.54) is 37.1 Å². The summed E-state index contributed by atoms with van der Waals surface area (Å²) in [4.78, 5) is 24.7. The van der Waals surface area contributed by atoms with Gasteiger partial charge in [0.15, 0.2) is 0 Å². The molecule has 1 aromatic carbocycles. The highest BCUT2D eigenvalue weighted by atomic mass is 16.2. The maximum Gasteiger partial charge on any atom is 0.254 e. The van der Waals surface area contributed by atoms with E-state index in [0.717, 1.165) is 36.0 Å². The van der Waals surface area contributed by atoms with Crippen molar-refractivity contribution in [2.24, 2.45) is 0 Å². The summed E-state index contributed by atoms with van der Waals surface area (Å²) in [5.74, 6) is 1.37. The summed E-state index contributed by atoms with van der Waals surface area (Å²) < 4.78 is 0. The Kier molecular flexibility index (Phi) is 3.15. The Morgan fingerprint density at radius 2 is 1.79 bits per heavy atom. The number of piperidine rings is 1. The van der Waals surface area contributed by atoms with Crippen LogP contribution in [0.2, 0.25) is 0 Å². The third-order valence-corrected chi connectivity index (χ3v) is 6.24. The molecule has 2 heterocycles. The second-order valence-electron chi connectivity index (χ2n) is 7.75. The summed E-state index contributed by atoms with van der Waals surface area (Å²) in [6, 6.07) is 6.21. The van der Waals surface area contributed by atoms with Gasteiger partial charge in [-0.15, -0.1) is 0 Å². The molecular weight excluding hydrogens is 298 g/mol. The van der Waals surface area contributed by atoms with Crippen LogP contribution in [0, 0.1) is 0 Å². The number of carbonyl (C=O) groups is 1. The molecular formula is C20H23N3O. The number of benzene rings is 1. The summed E-state index contributed by atoms with van der Waals surface area (Å²) in [5.41, 5.74) is 5.01. The van der Waals surface area contributed by atoms with Crippen molar-refractivity contribution >= 4 is 16.9 Å². The maximum absolute atomic E-state index is 12.9. The number of hydrogen-bond donors (Lipinski definition) is 0. The molecule has 2 bridgehead atoms. The van der Waals surface area contributed by atoms with Crippen molar-refractivity contribution in [3.05, 3.63) is 35.2 Å². The van der Waals surface area contributed by atoms with Crippen LogP contribution in [0.5, 0.6) is 0 Å². The van der Waals surface area contributed by atoms with Crippen molar-refractivity contribution in [1.82, 2.24) is 14.9 Å². The summed E-state index contributed by atoms with van der Waals surface area (Å²) in [7, 11) is 0. The Morgan fingerprint density at radius 3 is 2.54 bits per heavy atom. The molecule has 4 nitrogen and oxygen atoms in total. The highest BCUT2D eigenvalue weighted by Gasteiger charge is 2.39. The molecule has 4 heteroatoms. The van der Waals surface area contributed by atoms with E-state index in [4.69, 9.17) is 9.97 Å². The van der Waals surface area contributed by atoms with Crippen LogP contribution in [0.3, 0.4) is 0 Å². The molecule has 124 valence electrons. The Morgan fingerprint density at radius 1 is 1.04 bits per heavy atom. The van der Waals surface area contributed by atoms with Crippen LogP contribution in [0.1, 0.15) is 79.0 Å². The van der Waals surface area contributed by atoms with Crippen LogP contribution in [0.4, 0.5) is 0 Å². The first kappa shape index (κ1) is 14.4. The van der Waals surface area contributed by atoms with Gasteiger partial charge in [-0.1, -0.05) is 0 Å². The van der Waals surface area contributed by atoms with E-state index < -0.39 is 0 Å². The average molecular weight is 321 g/mol. The minimum atomic E-state index is 0.146. The monoisotopic (exact) mass is 321 g/mol. The number of amides is 1. The highest BCUT2D eigenvalue weighted by Crippen LogP contribution is 2.51. The van der Waals surface area contributed by atoms with Gasteiger partial charge in [0.1, 0.15) is 0 Å². The van der Waals surface area contributed by atoms with Crippen molar-refractivity contribution in [1.29, 1.82) is 0 Å². The van der Waals surface area contributed by atoms with Crippen molar-refractivity contribution in [2.75, 3.05) is 6.54 Å². The largest absolute Gasteiger partial charge is 0.336 e. The number of likely N-dealkylation sites (tertiary alicyclic amines) is 1. The summed E-state index contributed by atoms with van der Waals surface area (Å²) in [6.07, 6.45) is 7.18. The predicted molar refractivity (Wildman–Crippen MR) is 93.2 cm³/mol. The topological polar surface area (TPSA) is 46.1 Å². The third-order valence-electron chi connectivity index (χ3n) is 6.24. The lowest BCUT2D eigenvalue weighted by Gasteiger charge is -2.33. The average Bonchev–Trinajstić information content (AvgIpc) is 3.21. The highest BCUT2D eigenvalue weighted by molar-refractivity contribution is 5.97. The quantitative estimate of drug-likeness (QED) is 0.797. The predicted octanol–water partition coefficient (Wildman–Crippen LogP) is 4.01. The number of carbonyl (C=O) groups excluding carboxylic acids is 1. The Hall–Kier alpha value is -1.97. The minimum Gasteiger partial charge on any atom is -0.336 e. The zero-order valence-corrected chi connectivity index (χ0v) is 14.2. The Labute approximate surface area is 142 Å². The molecule has 1 saturated heterocycles. The van der Waals surface area contributed by atoms with Gasteiger partial charge in [-0.25, -0.2) is 9.97 Å². The first-order chi connectivity index (χ1) is 11.7. The molecule has 24 heavy (non-hydrogen) atoms. The zero-order valence-electron chi connectivity index (χ0n) is 14.2. The molecule has 5 rings (SSSR count). The summed E-state index contributed by atoms with van der Waals surface area (Å²) >= 11 is 0. The Balaban J connectivity index is 1.53. The van der Waals surface area contributed by atoms with Crippen molar-refractivity contribution in [3.8, 4) is 0 Å². The van der Waals surface area contributed by atoms with Gasteiger partial charge < -0.3 is 4.90 Å². The van der Waals surface area contributed by atoms with E-state index >= 15 is 0 Å². The van der Waals surface area contributed by atoms with Gasteiger partial charge in [0.05, 0.1) is 22.4 Å². The van der Waals surface area contributed by atoms with Gasteiger partial charge >= 0.3 is 0 Å². The van der Waals surface area contributed by atoms with Crippen LogP contribution in [0.15, 0.2) is 18.2 Å². The molecule has 2 aliphatic carbocycles. The second kappa shape index (κ2) is 5.27. The summed E-state index contributed by atoms with van der Waals surface area (Å²) in [6.45, 7) is 3.03. The molecule has 1 saturated carbocycles. The smallest absolute Gasteiger partial charge is 0.254 e. The maximum atomic E-state index is 12.9. The lowest BCUT2D eigenvalue weighted by atomic mass is 9.99. The van der Waals surface area contributed by atoms with Crippen molar-refractivity contribution < 1.29 is 4.79 Å². The standard InChI is InChI=1S/C20H23N3O/c1-12-4-2-3-9-23(12)20(24)15-7-8-16-17(11-15)22-19-14-6-5-13(10-14)18(19)21-16/h7-8,11-14H,2-6,9-10H2,1H3. The molecule has 0 spiro atoms. The number of aromatic nitrogens is 2. The molecule has 1 aromatic heterocycles. The van der Waals surface area contributed by atoms with E-state index in [9.17, 15) is 4.79 Å². The number of rotatable bonds is 1. The third kappa shape index (κ3) is 2.08. The molecule has 2 fully saturated rings. The molecule has 0 N–H and O–H groups in total. The van der Waals surface area contributed by atoms with E-state index in [1.54, 1.807) is 0 Å². The van der Waals surface area contributed by atoms with Crippen LogP contribution < -0.4 is 0 Å². The fourth-order valence-corrected chi connectivity index (χ4v) is 4.86. The van der Waals surface area contributed by atoms with Gasteiger partial charge in [-0.2, -0.15) is 0 Å². The zero-order chi connectivity index (χ0) is 16.3. The van der Waals surface area contributed by atoms with Gasteiger partial charge in [-0.05, 0) is 63.6 Å². The lowest BCUT2D eigenvalue weighted by Crippen LogP contribution is -2.42. The molecule has 3 aliphatic rings. The van der Waals surface area contributed by atoms with Gasteiger partial charge in [-0.3, -0.25) is 4.79 Å². The first-order valence-electron chi connectivity index (χ1n) is 9.33. The minimum absolute atomic E-state index is 0.146. The van der Waals surface area contributed by atoms with Crippen LogP contribution in [-0.2, 0) is 0 Å². The van der Waals surface area contributed by atoms with E-state index in [0.29, 0.717) is 17.9 Å². The number of hydrogen-bond acceptors (Lipinski definition) is 3. The molecule has 1 amide bonds. The fourth-order valence-electron chi connectivity index (χ4n) is 4.86. The van der Waals surface area contributed by atoms with Crippen molar-refractivity contribution in [3.63, 3.8) is 0 Å². The second-order valence-corrected chi connectivity index (χ2v) is 7.75. The SMILES string of the molecule is CC1CCCCN1C(=O)c1ccc2nc3c(nc2c1)C1CCC3C1.